The van der Waals surface area contributed by atoms with E-state index in [1.165, 1.54) is 0 Å². The molecule has 44 heavy (non-hydrogen) atoms. The van der Waals surface area contributed by atoms with Crippen LogP contribution >= 0.6 is 0 Å². The first-order valence-electron chi connectivity index (χ1n) is 16.7. The summed E-state index contributed by atoms with van der Waals surface area (Å²) in [5.41, 5.74) is 2.85. The number of likely N-dealkylation sites (tertiary alicyclic amines) is 1. The van der Waals surface area contributed by atoms with Gasteiger partial charge in [-0.2, -0.15) is 0 Å². The maximum atomic E-state index is 13.8. The molecule has 3 rings (SSSR count). The van der Waals surface area contributed by atoms with Crippen molar-refractivity contribution in [2.24, 2.45) is 11.8 Å². The van der Waals surface area contributed by atoms with E-state index in [9.17, 15) is 24.6 Å². The molecular weight excluding hydrogens is 552 g/mol. The fraction of sp³-hybridized carbons (Fsp3) is 0.595. The molecule has 0 radical (unpaired) electrons. The molecule has 1 amide bonds. The summed E-state index contributed by atoms with van der Waals surface area (Å²) in [6.07, 6.45) is 4.02. The zero-order chi connectivity index (χ0) is 32.2. The molecule has 5 atom stereocenters. The van der Waals surface area contributed by atoms with E-state index in [0.717, 1.165) is 49.8 Å². The van der Waals surface area contributed by atoms with Gasteiger partial charge in [0, 0.05) is 43.1 Å². The van der Waals surface area contributed by atoms with Crippen LogP contribution in [0.3, 0.4) is 0 Å². The van der Waals surface area contributed by atoms with Crippen molar-refractivity contribution in [1.82, 2.24) is 10.2 Å². The van der Waals surface area contributed by atoms with Crippen LogP contribution in [-0.2, 0) is 11.2 Å². The Morgan fingerprint density at radius 1 is 0.977 bits per heavy atom. The van der Waals surface area contributed by atoms with Crippen molar-refractivity contribution in [3.8, 4) is 0 Å². The molecule has 0 bridgehead atoms. The summed E-state index contributed by atoms with van der Waals surface area (Å²) in [7, 11) is 0. The molecule has 1 aliphatic heterocycles. The van der Waals surface area contributed by atoms with Gasteiger partial charge in [0.05, 0.1) is 18.2 Å². The van der Waals surface area contributed by atoms with Gasteiger partial charge in [-0.15, -0.1) is 0 Å². The summed E-state index contributed by atoms with van der Waals surface area (Å²) >= 11 is 0. The molecule has 242 valence electrons. The maximum Gasteiger partial charge on any atom is 0.254 e. The Kier molecular flexibility index (Phi) is 14.2. The standard InChI is InChI=1S/C37H54N2O5/c1-6-12-32(40)36(33(41)17-16-25(3)4)38-24-35(43)29(21-27-13-9-8-10-14-27)23-34(42)28-19-26(5)20-30(22-28)37(44)39-18-11-15-31(39)7-2/h8-10,13-14,19-20,22,25,29,31-32,35-36,38,40,43H,6-7,11-12,15-18,21,23-24H2,1-5H3/t29-,31+,32+,35-,36+/m1/s1. The number of nitrogens with zero attached hydrogens (tertiary/aromatic N) is 1. The van der Waals surface area contributed by atoms with Crippen molar-refractivity contribution < 1.29 is 24.6 Å². The Morgan fingerprint density at radius 2 is 1.68 bits per heavy atom. The number of amides is 1. The molecule has 2 aromatic rings. The third kappa shape index (κ3) is 10.4. The van der Waals surface area contributed by atoms with Crippen LogP contribution in [-0.4, -0.2) is 70.0 Å². The molecule has 0 unspecified atom stereocenters. The number of hydrogen-bond donors (Lipinski definition) is 3. The summed E-state index contributed by atoms with van der Waals surface area (Å²) in [4.78, 5) is 42.2. The molecule has 2 aromatic carbocycles. The lowest BCUT2D eigenvalue weighted by Crippen LogP contribution is -2.49. The zero-order valence-electron chi connectivity index (χ0n) is 27.4. The van der Waals surface area contributed by atoms with Crippen molar-refractivity contribution >= 4 is 17.5 Å². The Hall–Kier alpha value is -2.87. The van der Waals surface area contributed by atoms with Crippen LogP contribution in [0.25, 0.3) is 0 Å². The average Bonchev–Trinajstić information content (AvgIpc) is 3.48. The minimum atomic E-state index is -0.936. The molecule has 0 saturated carbocycles. The van der Waals surface area contributed by atoms with E-state index in [2.05, 4.69) is 26.1 Å². The van der Waals surface area contributed by atoms with E-state index in [1.54, 1.807) is 6.07 Å². The smallest absolute Gasteiger partial charge is 0.254 e. The van der Waals surface area contributed by atoms with Gasteiger partial charge in [-0.1, -0.05) is 64.4 Å². The fourth-order valence-electron chi connectivity index (χ4n) is 6.31. The van der Waals surface area contributed by atoms with Crippen molar-refractivity contribution in [1.29, 1.82) is 0 Å². The predicted molar refractivity (Wildman–Crippen MR) is 176 cm³/mol. The highest BCUT2D eigenvalue weighted by molar-refractivity contribution is 6.01. The van der Waals surface area contributed by atoms with Gasteiger partial charge >= 0.3 is 0 Å². The molecular formula is C37H54N2O5. The van der Waals surface area contributed by atoms with Gasteiger partial charge in [-0.25, -0.2) is 0 Å². The Balaban J connectivity index is 1.79. The van der Waals surface area contributed by atoms with Gasteiger partial charge in [-0.05, 0) is 86.6 Å². The fourth-order valence-corrected chi connectivity index (χ4v) is 6.31. The second-order valence-corrected chi connectivity index (χ2v) is 13.1. The highest BCUT2D eigenvalue weighted by atomic mass is 16.3. The summed E-state index contributed by atoms with van der Waals surface area (Å²) in [6, 6.07) is 14.6. The van der Waals surface area contributed by atoms with Gasteiger partial charge in [0.2, 0.25) is 0 Å². The Labute approximate surface area is 264 Å². The molecule has 0 aromatic heterocycles. The number of rotatable bonds is 18. The Bertz CT molecular complexity index is 1210. The van der Waals surface area contributed by atoms with Crippen LogP contribution in [0.2, 0.25) is 0 Å². The lowest BCUT2D eigenvalue weighted by Gasteiger charge is -2.28. The molecule has 3 N–H and O–H groups in total. The van der Waals surface area contributed by atoms with Gasteiger partial charge in [-0.3, -0.25) is 14.4 Å². The van der Waals surface area contributed by atoms with E-state index < -0.39 is 24.2 Å². The van der Waals surface area contributed by atoms with E-state index in [0.29, 0.717) is 36.3 Å². The number of hydrogen-bond acceptors (Lipinski definition) is 6. The van der Waals surface area contributed by atoms with Crippen molar-refractivity contribution in [3.05, 3.63) is 70.8 Å². The summed E-state index contributed by atoms with van der Waals surface area (Å²) in [6.45, 7) is 10.9. The predicted octanol–water partition coefficient (Wildman–Crippen LogP) is 5.93. The molecule has 7 heteroatoms. The number of aliphatic hydroxyl groups is 2. The zero-order valence-corrected chi connectivity index (χ0v) is 27.4. The Morgan fingerprint density at radius 3 is 2.34 bits per heavy atom. The minimum Gasteiger partial charge on any atom is -0.391 e. The quantitative estimate of drug-likeness (QED) is 0.182. The molecule has 1 heterocycles. The van der Waals surface area contributed by atoms with Crippen LogP contribution in [0, 0.1) is 18.8 Å². The van der Waals surface area contributed by atoms with E-state index in [4.69, 9.17) is 0 Å². The number of carbonyl (C=O) groups is 3. The highest BCUT2D eigenvalue weighted by Gasteiger charge is 2.31. The summed E-state index contributed by atoms with van der Waals surface area (Å²) < 4.78 is 0. The van der Waals surface area contributed by atoms with Crippen molar-refractivity contribution in [3.63, 3.8) is 0 Å². The molecule has 1 saturated heterocycles. The number of nitrogens with one attached hydrogen (secondary N) is 1. The van der Waals surface area contributed by atoms with Crippen molar-refractivity contribution in [2.75, 3.05) is 13.1 Å². The molecule has 1 aliphatic rings. The lowest BCUT2D eigenvalue weighted by molar-refractivity contribution is -0.124. The molecule has 0 aliphatic carbocycles. The van der Waals surface area contributed by atoms with Crippen LogP contribution < -0.4 is 5.32 Å². The minimum absolute atomic E-state index is 0.0315. The highest BCUT2D eigenvalue weighted by Crippen LogP contribution is 2.25. The largest absolute Gasteiger partial charge is 0.391 e. The summed E-state index contributed by atoms with van der Waals surface area (Å²) in [5.74, 6) is -0.281. The normalized spacial score (nSPS) is 17.8. The number of benzene rings is 2. The average molecular weight is 607 g/mol. The second kappa shape index (κ2) is 17.6. The molecule has 0 spiro atoms. The monoisotopic (exact) mass is 606 g/mol. The third-order valence-corrected chi connectivity index (χ3v) is 8.92. The van der Waals surface area contributed by atoms with E-state index in [1.807, 2.05) is 61.2 Å². The first-order chi connectivity index (χ1) is 21.0. The van der Waals surface area contributed by atoms with Gasteiger partial charge in [0.15, 0.2) is 11.6 Å². The van der Waals surface area contributed by atoms with Gasteiger partial charge < -0.3 is 20.4 Å². The van der Waals surface area contributed by atoms with Crippen LogP contribution in [0.4, 0.5) is 0 Å². The molecule has 7 nitrogen and oxygen atoms in total. The summed E-state index contributed by atoms with van der Waals surface area (Å²) in [5, 5.41) is 25.4. The van der Waals surface area contributed by atoms with Crippen LogP contribution in [0.5, 0.6) is 0 Å². The molecule has 1 fully saturated rings. The van der Waals surface area contributed by atoms with Gasteiger partial charge in [0.25, 0.3) is 5.91 Å². The van der Waals surface area contributed by atoms with Crippen LogP contribution in [0.15, 0.2) is 48.5 Å². The van der Waals surface area contributed by atoms with Crippen LogP contribution in [0.1, 0.15) is 111 Å². The second-order valence-electron chi connectivity index (χ2n) is 13.1. The lowest BCUT2D eigenvalue weighted by atomic mass is 9.86. The third-order valence-electron chi connectivity index (χ3n) is 8.92. The van der Waals surface area contributed by atoms with Gasteiger partial charge in [0.1, 0.15) is 0 Å². The number of carbonyl (C=O) groups excluding carboxylic acids is 3. The number of ketones is 2. The number of Topliss-reactive ketones (excluding diaryl/α,β-unsaturated/α-hetero) is 2. The number of aryl methyl sites for hydroxylation is 1. The van der Waals surface area contributed by atoms with Crippen molar-refractivity contribution in [2.45, 2.75) is 117 Å². The number of aliphatic hydroxyl groups excluding tert-OH is 2. The topological polar surface area (TPSA) is 107 Å². The van der Waals surface area contributed by atoms with E-state index in [-0.39, 0.29) is 36.5 Å². The van der Waals surface area contributed by atoms with E-state index >= 15 is 0 Å². The maximum absolute atomic E-state index is 13.8. The first-order valence-corrected chi connectivity index (χ1v) is 16.7. The SMILES string of the molecule is CCC[C@H](O)[C@H](NC[C@@H](O)[C@@H](CC(=O)c1cc(C)cc(C(=O)N2CCC[C@@H]2CC)c1)Cc1ccccc1)C(=O)CCC(C)C. The first kappa shape index (κ1) is 35.6.